The first-order chi connectivity index (χ1) is 12.1. The molecule has 2 N–H and O–H groups in total. The number of aromatic nitrogens is 2. The van der Waals surface area contributed by atoms with E-state index in [4.69, 9.17) is 5.73 Å². The third-order valence-electron chi connectivity index (χ3n) is 4.93. The first-order valence-corrected chi connectivity index (χ1v) is 8.40. The Morgan fingerprint density at radius 3 is 2.62 bits per heavy atom. The standard InChI is InChI=1S/C19H20N4O2.ClH/c1-21-16-8-2-3-9-17(16)23(19(21)25)12-18(24)22-11-5-6-13-14(20)7-4-10-15(13)22;/h2-4,7-10H,5-6,11-12,20H2,1H3;1H. The largest absolute Gasteiger partial charge is 0.398 e. The van der Waals surface area contributed by atoms with Gasteiger partial charge in [-0.3, -0.25) is 13.9 Å². The Morgan fingerprint density at radius 2 is 1.85 bits per heavy atom. The summed E-state index contributed by atoms with van der Waals surface area (Å²) in [6.07, 6.45) is 1.75. The Kier molecular flexibility index (Phi) is 4.78. The molecular weight excluding hydrogens is 352 g/mol. The zero-order chi connectivity index (χ0) is 17.6. The Hall–Kier alpha value is -2.73. The fourth-order valence-corrected chi connectivity index (χ4v) is 3.65. The molecule has 26 heavy (non-hydrogen) atoms. The molecule has 2 heterocycles. The number of hydrogen-bond acceptors (Lipinski definition) is 3. The molecule has 0 radical (unpaired) electrons. The first kappa shape index (κ1) is 18.1. The van der Waals surface area contributed by atoms with Crippen LogP contribution in [0.25, 0.3) is 11.0 Å². The minimum absolute atomic E-state index is 0. The highest BCUT2D eigenvalue weighted by atomic mass is 35.5. The Morgan fingerprint density at radius 1 is 1.12 bits per heavy atom. The van der Waals surface area contributed by atoms with Gasteiger partial charge in [-0.05, 0) is 42.7 Å². The van der Waals surface area contributed by atoms with Gasteiger partial charge in [0.05, 0.1) is 11.0 Å². The van der Waals surface area contributed by atoms with E-state index in [0.717, 1.165) is 40.8 Å². The lowest BCUT2D eigenvalue weighted by atomic mass is 10.00. The van der Waals surface area contributed by atoms with Crippen LogP contribution in [0.2, 0.25) is 0 Å². The zero-order valence-electron chi connectivity index (χ0n) is 14.5. The lowest BCUT2D eigenvalue weighted by molar-refractivity contribution is -0.119. The molecular formula is C19H21ClN4O2. The number of amides is 1. The van der Waals surface area contributed by atoms with Crippen molar-refractivity contribution in [2.75, 3.05) is 17.2 Å². The van der Waals surface area contributed by atoms with Gasteiger partial charge in [0.15, 0.2) is 0 Å². The second-order valence-electron chi connectivity index (χ2n) is 6.41. The third kappa shape index (κ3) is 2.76. The van der Waals surface area contributed by atoms with Gasteiger partial charge >= 0.3 is 5.69 Å². The van der Waals surface area contributed by atoms with Crippen molar-refractivity contribution in [3.8, 4) is 0 Å². The number of hydrogen-bond donors (Lipinski definition) is 1. The zero-order valence-corrected chi connectivity index (χ0v) is 15.3. The number of nitrogen functional groups attached to an aromatic ring is 1. The Balaban J connectivity index is 0.00000196. The van der Waals surface area contributed by atoms with E-state index in [0.29, 0.717) is 6.54 Å². The summed E-state index contributed by atoms with van der Waals surface area (Å²) in [7, 11) is 1.72. The molecule has 7 heteroatoms. The summed E-state index contributed by atoms with van der Waals surface area (Å²) in [6, 6.07) is 13.2. The maximum absolute atomic E-state index is 13.0. The number of nitrogens with two attached hydrogens (primary N) is 1. The summed E-state index contributed by atoms with van der Waals surface area (Å²) in [5, 5.41) is 0. The second-order valence-corrected chi connectivity index (χ2v) is 6.41. The highest BCUT2D eigenvalue weighted by Crippen LogP contribution is 2.31. The molecule has 1 aromatic heterocycles. The van der Waals surface area contributed by atoms with Crippen LogP contribution in [0, 0.1) is 0 Å². The second kappa shape index (κ2) is 6.88. The van der Waals surface area contributed by atoms with Crippen molar-refractivity contribution in [3.63, 3.8) is 0 Å². The molecule has 3 aromatic rings. The van der Waals surface area contributed by atoms with E-state index in [9.17, 15) is 9.59 Å². The molecule has 0 bridgehead atoms. The van der Waals surface area contributed by atoms with Gasteiger partial charge in [-0.1, -0.05) is 18.2 Å². The van der Waals surface area contributed by atoms with Gasteiger partial charge in [0.2, 0.25) is 5.91 Å². The maximum Gasteiger partial charge on any atom is 0.329 e. The van der Waals surface area contributed by atoms with Crippen LogP contribution in [0.15, 0.2) is 47.3 Å². The molecule has 0 saturated heterocycles. The predicted molar refractivity (Wildman–Crippen MR) is 106 cm³/mol. The lowest BCUT2D eigenvalue weighted by Gasteiger charge is -2.30. The minimum Gasteiger partial charge on any atom is -0.398 e. The molecule has 0 fully saturated rings. The fraction of sp³-hybridized carbons (Fsp3) is 0.263. The van der Waals surface area contributed by atoms with Gasteiger partial charge in [0.25, 0.3) is 0 Å². The Bertz CT molecular complexity index is 1040. The van der Waals surface area contributed by atoms with Crippen LogP contribution in [0.5, 0.6) is 0 Å². The molecule has 0 unspecified atom stereocenters. The van der Waals surface area contributed by atoms with E-state index < -0.39 is 0 Å². The fourth-order valence-electron chi connectivity index (χ4n) is 3.65. The minimum atomic E-state index is -0.181. The predicted octanol–water partition coefficient (Wildman–Crippen LogP) is 2.32. The van der Waals surface area contributed by atoms with E-state index in [1.165, 1.54) is 4.57 Å². The van der Waals surface area contributed by atoms with Crippen molar-refractivity contribution in [3.05, 3.63) is 58.5 Å². The molecule has 136 valence electrons. The van der Waals surface area contributed by atoms with Gasteiger partial charge in [0, 0.05) is 25.0 Å². The highest BCUT2D eigenvalue weighted by Gasteiger charge is 2.25. The number of anilines is 2. The number of carbonyl (C=O) groups excluding carboxylic acids is 1. The lowest BCUT2D eigenvalue weighted by Crippen LogP contribution is -2.39. The average Bonchev–Trinajstić information content (AvgIpc) is 2.87. The molecule has 1 aliphatic heterocycles. The van der Waals surface area contributed by atoms with Crippen LogP contribution in [0.3, 0.4) is 0 Å². The smallest absolute Gasteiger partial charge is 0.329 e. The highest BCUT2D eigenvalue weighted by molar-refractivity contribution is 5.96. The van der Waals surface area contributed by atoms with Crippen LogP contribution in [0.1, 0.15) is 12.0 Å². The molecule has 4 rings (SSSR count). The van der Waals surface area contributed by atoms with Gasteiger partial charge < -0.3 is 10.6 Å². The summed E-state index contributed by atoms with van der Waals surface area (Å²) in [4.78, 5) is 27.3. The van der Waals surface area contributed by atoms with E-state index in [2.05, 4.69) is 0 Å². The molecule has 2 aromatic carbocycles. The molecule has 1 amide bonds. The van der Waals surface area contributed by atoms with Crippen molar-refractivity contribution in [1.82, 2.24) is 9.13 Å². The van der Waals surface area contributed by atoms with Gasteiger partial charge in [-0.25, -0.2) is 4.79 Å². The number of aryl methyl sites for hydroxylation is 1. The van der Waals surface area contributed by atoms with Crippen molar-refractivity contribution < 1.29 is 4.79 Å². The molecule has 6 nitrogen and oxygen atoms in total. The van der Waals surface area contributed by atoms with Crippen LogP contribution in [-0.2, 0) is 24.8 Å². The third-order valence-corrected chi connectivity index (χ3v) is 4.93. The molecule has 1 aliphatic rings. The van der Waals surface area contributed by atoms with Crippen molar-refractivity contribution in [1.29, 1.82) is 0 Å². The maximum atomic E-state index is 13.0. The topological polar surface area (TPSA) is 73.3 Å². The van der Waals surface area contributed by atoms with Crippen LogP contribution < -0.4 is 16.3 Å². The van der Waals surface area contributed by atoms with Gasteiger partial charge in [0.1, 0.15) is 6.54 Å². The molecule has 0 spiro atoms. The first-order valence-electron chi connectivity index (χ1n) is 8.40. The summed E-state index contributed by atoms with van der Waals surface area (Å²) < 4.78 is 3.11. The average molecular weight is 373 g/mol. The SMILES string of the molecule is Cl.Cn1c(=O)n(CC(=O)N2CCCc3c(N)cccc32)c2ccccc21. The normalized spacial score (nSPS) is 13.3. The van der Waals surface area contributed by atoms with Crippen LogP contribution in [-0.4, -0.2) is 21.6 Å². The van der Waals surface area contributed by atoms with Gasteiger partial charge in [-0.2, -0.15) is 0 Å². The summed E-state index contributed by atoms with van der Waals surface area (Å²) >= 11 is 0. The van der Waals surface area contributed by atoms with Crippen LogP contribution >= 0.6 is 12.4 Å². The number of benzene rings is 2. The molecule has 0 aliphatic carbocycles. The van der Waals surface area contributed by atoms with Crippen molar-refractivity contribution in [2.24, 2.45) is 7.05 Å². The van der Waals surface area contributed by atoms with Crippen molar-refractivity contribution in [2.45, 2.75) is 19.4 Å². The number of fused-ring (bicyclic) bond motifs is 2. The van der Waals surface area contributed by atoms with E-state index >= 15 is 0 Å². The number of rotatable bonds is 2. The number of carbonyl (C=O) groups is 1. The van der Waals surface area contributed by atoms with Crippen molar-refractivity contribution >= 4 is 40.7 Å². The quantitative estimate of drug-likeness (QED) is 0.701. The van der Waals surface area contributed by atoms with E-state index in [1.54, 1.807) is 16.5 Å². The number of imidazole rings is 1. The monoisotopic (exact) mass is 372 g/mol. The Labute approximate surface area is 157 Å². The van der Waals surface area contributed by atoms with Gasteiger partial charge in [-0.15, -0.1) is 12.4 Å². The summed E-state index contributed by atoms with van der Waals surface area (Å²) in [6.45, 7) is 0.670. The summed E-state index contributed by atoms with van der Waals surface area (Å²) in [5.74, 6) is -0.0926. The molecule has 0 saturated carbocycles. The van der Waals surface area contributed by atoms with Crippen LogP contribution in [0.4, 0.5) is 11.4 Å². The number of para-hydroxylation sites is 2. The van der Waals surface area contributed by atoms with E-state index in [-0.39, 0.29) is 30.5 Å². The number of halogens is 1. The van der Waals surface area contributed by atoms with E-state index in [1.807, 2.05) is 42.5 Å². The molecule has 0 atom stereocenters. The summed E-state index contributed by atoms with van der Waals surface area (Å²) in [5.41, 5.74) is 10.1. The number of nitrogens with zero attached hydrogens (tertiary/aromatic N) is 3.